The van der Waals surface area contributed by atoms with Crippen LogP contribution in [0.3, 0.4) is 0 Å². The zero-order valence-corrected chi connectivity index (χ0v) is 17.8. The van der Waals surface area contributed by atoms with E-state index in [1.807, 2.05) is 0 Å². The van der Waals surface area contributed by atoms with Gasteiger partial charge in [-0.15, -0.1) is 0 Å². The van der Waals surface area contributed by atoms with Crippen LogP contribution in [0.25, 0.3) is 0 Å². The fourth-order valence-corrected chi connectivity index (χ4v) is 7.97. The zero-order valence-electron chi connectivity index (χ0n) is 17.8. The predicted molar refractivity (Wildman–Crippen MR) is 111 cm³/mol. The Balaban J connectivity index is 1.28. The van der Waals surface area contributed by atoms with Crippen LogP contribution in [0.15, 0.2) is 5.16 Å². The van der Waals surface area contributed by atoms with Crippen molar-refractivity contribution in [3.63, 3.8) is 0 Å². The predicted octanol–water partition coefficient (Wildman–Crippen LogP) is 4.72. The van der Waals surface area contributed by atoms with Crippen molar-refractivity contribution in [2.75, 3.05) is 13.1 Å². The fourth-order valence-electron chi connectivity index (χ4n) is 7.97. The number of oxime groups is 1. The van der Waals surface area contributed by atoms with Gasteiger partial charge < -0.3 is 10.2 Å². The summed E-state index contributed by atoms with van der Waals surface area (Å²) in [6.07, 6.45) is 13.2. The molecule has 0 aromatic heterocycles. The van der Waals surface area contributed by atoms with Gasteiger partial charge in [-0.2, -0.15) is 0 Å². The molecule has 28 heavy (non-hydrogen) atoms. The van der Waals surface area contributed by atoms with E-state index in [1.165, 1.54) is 37.8 Å². The number of nitrogens with zero attached hydrogens (tertiary/aromatic N) is 1. The minimum atomic E-state index is 0.00746. The summed E-state index contributed by atoms with van der Waals surface area (Å²) in [4.78, 5) is 18.5. The van der Waals surface area contributed by atoms with Gasteiger partial charge in [-0.3, -0.25) is 4.79 Å². The molecule has 0 amide bonds. The molecule has 5 fully saturated rings. The third-order valence-corrected chi connectivity index (χ3v) is 9.79. The molecular formula is C24H38N2O2. The monoisotopic (exact) mass is 386 g/mol. The zero-order chi connectivity index (χ0) is 19.4. The van der Waals surface area contributed by atoms with E-state index < -0.39 is 0 Å². The molecule has 1 saturated heterocycles. The summed E-state index contributed by atoms with van der Waals surface area (Å²) in [5.41, 5.74) is 1.76. The normalized spacial score (nSPS) is 50.0. The summed E-state index contributed by atoms with van der Waals surface area (Å²) in [5, 5.41) is 8.05. The topological polar surface area (TPSA) is 50.7 Å². The van der Waals surface area contributed by atoms with E-state index in [0.717, 1.165) is 69.4 Å². The molecule has 0 radical (unpaired) electrons. The van der Waals surface area contributed by atoms with Crippen molar-refractivity contribution in [3.05, 3.63) is 0 Å². The first-order chi connectivity index (χ1) is 13.5. The van der Waals surface area contributed by atoms with E-state index in [2.05, 4.69) is 24.3 Å². The van der Waals surface area contributed by atoms with E-state index in [-0.39, 0.29) is 11.5 Å². The largest absolute Gasteiger partial charge is 0.391 e. The summed E-state index contributed by atoms with van der Waals surface area (Å²) in [7, 11) is 0. The molecule has 0 spiro atoms. The average Bonchev–Trinajstić information content (AvgIpc) is 3.02. The molecule has 0 aromatic carbocycles. The molecule has 4 nitrogen and oxygen atoms in total. The molecule has 156 valence electrons. The number of hydrogen-bond acceptors (Lipinski definition) is 4. The molecule has 1 heterocycles. The number of piperidine rings is 1. The van der Waals surface area contributed by atoms with E-state index in [0.29, 0.717) is 17.1 Å². The first-order valence-corrected chi connectivity index (χ1v) is 12.0. The minimum Gasteiger partial charge on any atom is -0.391 e. The van der Waals surface area contributed by atoms with Crippen LogP contribution in [-0.2, 0) is 9.63 Å². The van der Waals surface area contributed by atoms with Gasteiger partial charge in [0.2, 0.25) is 0 Å². The molecule has 7 atom stereocenters. The van der Waals surface area contributed by atoms with E-state index in [1.54, 1.807) is 0 Å². The lowest BCUT2D eigenvalue weighted by Gasteiger charge is -2.59. The molecule has 0 aromatic rings. The van der Waals surface area contributed by atoms with Crippen LogP contribution < -0.4 is 5.32 Å². The second kappa shape index (κ2) is 7.11. The highest BCUT2D eigenvalue weighted by atomic mass is 16.6. The van der Waals surface area contributed by atoms with Crippen molar-refractivity contribution in [2.24, 2.45) is 39.7 Å². The highest BCUT2D eigenvalue weighted by Gasteiger charge is 2.60. The summed E-state index contributed by atoms with van der Waals surface area (Å²) in [6.45, 7) is 6.93. The maximum atomic E-state index is 12.6. The van der Waals surface area contributed by atoms with Crippen LogP contribution >= 0.6 is 0 Å². The Morgan fingerprint density at radius 1 is 1.04 bits per heavy atom. The smallest absolute Gasteiger partial charge is 0.139 e. The highest BCUT2D eigenvalue weighted by Crippen LogP contribution is 2.65. The molecule has 5 aliphatic rings. The Hall–Kier alpha value is -0.900. The van der Waals surface area contributed by atoms with Crippen LogP contribution in [0.4, 0.5) is 0 Å². The van der Waals surface area contributed by atoms with Crippen LogP contribution in [0.1, 0.15) is 84.5 Å². The van der Waals surface area contributed by atoms with Gasteiger partial charge in [0.15, 0.2) is 0 Å². The molecule has 0 bridgehead atoms. The number of carbonyl (C=O) groups excluding carboxylic acids is 1. The summed E-state index contributed by atoms with van der Waals surface area (Å²) < 4.78 is 0. The first kappa shape index (κ1) is 19.1. The maximum Gasteiger partial charge on any atom is 0.139 e. The summed E-state index contributed by atoms with van der Waals surface area (Å²) in [5.74, 6) is 3.59. The summed E-state index contributed by atoms with van der Waals surface area (Å²) >= 11 is 0. The number of hydrogen-bond donors (Lipinski definition) is 1. The molecule has 5 unspecified atom stereocenters. The lowest BCUT2D eigenvalue weighted by atomic mass is 9.45. The quantitative estimate of drug-likeness (QED) is 0.699. The number of carbonyl (C=O) groups is 1. The molecular weight excluding hydrogens is 348 g/mol. The van der Waals surface area contributed by atoms with Crippen LogP contribution in [-0.4, -0.2) is 30.7 Å². The van der Waals surface area contributed by atoms with Gasteiger partial charge >= 0.3 is 0 Å². The van der Waals surface area contributed by atoms with Gasteiger partial charge in [0.05, 0.1) is 5.71 Å². The van der Waals surface area contributed by atoms with Gasteiger partial charge in [-0.1, -0.05) is 19.0 Å². The number of fused-ring (bicyclic) bond motifs is 5. The number of nitrogens with one attached hydrogen (secondary N) is 1. The van der Waals surface area contributed by atoms with E-state index in [4.69, 9.17) is 4.84 Å². The second-order valence-electron chi connectivity index (χ2n) is 11.0. The Bertz CT molecular complexity index is 655. The molecule has 4 aliphatic carbocycles. The fraction of sp³-hybridized carbons (Fsp3) is 0.917. The standard InChI is InChI=1S/C24H38N2O2/c1-23-11-9-17(26-28-18-4-3-13-25-15-18)14-16(23)5-6-19-20-7-8-22(27)24(20,2)12-10-21(19)23/h16,18-21,25H,3-15H2,1-2H3/b26-17-/t16?,18?,19?,20?,21?,23-,24-/m0/s1. The Kier molecular flexibility index (Phi) is 4.84. The van der Waals surface area contributed by atoms with Gasteiger partial charge in [-0.25, -0.2) is 0 Å². The maximum absolute atomic E-state index is 12.6. The van der Waals surface area contributed by atoms with Crippen molar-refractivity contribution < 1.29 is 9.63 Å². The first-order valence-electron chi connectivity index (χ1n) is 12.0. The van der Waals surface area contributed by atoms with Gasteiger partial charge in [0.25, 0.3) is 0 Å². The number of ketones is 1. The summed E-state index contributed by atoms with van der Waals surface area (Å²) in [6, 6.07) is 0. The lowest BCUT2D eigenvalue weighted by molar-refractivity contribution is -0.137. The van der Waals surface area contributed by atoms with Crippen LogP contribution in [0.2, 0.25) is 0 Å². The van der Waals surface area contributed by atoms with E-state index in [9.17, 15) is 4.79 Å². The Morgan fingerprint density at radius 2 is 1.93 bits per heavy atom. The molecule has 4 heteroatoms. The van der Waals surface area contributed by atoms with E-state index >= 15 is 0 Å². The molecule has 1 N–H and O–H groups in total. The SMILES string of the molecule is C[C@]12CC/C(=N/OC3CCCNC3)CC1CCC1C2CC[C@]2(C)C(=O)CCC12. The van der Waals surface area contributed by atoms with Gasteiger partial charge in [0, 0.05) is 18.4 Å². The molecule has 4 saturated carbocycles. The Labute approximate surface area is 170 Å². The van der Waals surface area contributed by atoms with Crippen molar-refractivity contribution >= 4 is 11.5 Å². The van der Waals surface area contributed by atoms with Gasteiger partial charge in [0.1, 0.15) is 11.9 Å². The molecule has 5 rings (SSSR count). The molecule has 1 aliphatic heterocycles. The third-order valence-electron chi connectivity index (χ3n) is 9.79. The van der Waals surface area contributed by atoms with Crippen molar-refractivity contribution in [3.8, 4) is 0 Å². The van der Waals surface area contributed by atoms with Crippen molar-refractivity contribution in [1.29, 1.82) is 0 Å². The third kappa shape index (κ3) is 2.97. The van der Waals surface area contributed by atoms with Crippen molar-refractivity contribution in [1.82, 2.24) is 5.32 Å². The minimum absolute atomic E-state index is 0.00746. The average molecular weight is 387 g/mol. The van der Waals surface area contributed by atoms with Crippen LogP contribution in [0, 0.1) is 34.5 Å². The van der Waals surface area contributed by atoms with Crippen molar-refractivity contribution in [2.45, 2.75) is 90.6 Å². The van der Waals surface area contributed by atoms with Gasteiger partial charge in [-0.05, 0) is 99.8 Å². The van der Waals surface area contributed by atoms with Crippen LogP contribution in [0.5, 0.6) is 0 Å². The second-order valence-corrected chi connectivity index (χ2v) is 11.0. The number of rotatable bonds is 2. The number of Topliss-reactive ketones (excluding diaryl/α,β-unsaturated/α-hetero) is 1. The lowest BCUT2D eigenvalue weighted by Crippen LogP contribution is -2.53. The highest BCUT2D eigenvalue weighted by molar-refractivity contribution is 5.87. The Morgan fingerprint density at radius 3 is 2.75 bits per heavy atom.